The van der Waals surface area contributed by atoms with Gasteiger partial charge in [0.05, 0.1) is 13.2 Å². The summed E-state index contributed by atoms with van der Waals surface area (Å²) in [6.07, 6.45) is 2.58. The van der Waals surface area contributed by atoms with E-state index < -0.39 is 5.60 Å². The van der Waals surface area contributed by atoms with Gasteiger partial charge in [-0.3, -0.25) is 4.90 Å². The highest BCUT2D eigenvalue weighted by Crippen LogP contribution is 2.26. The number of hydrogen-bond acceptors (Lipinski definition) is 4. The molecule has 1 saturated carbocycles. The van der Waals surface area contributed by atoms with Crippen LogP contribution < -0.4 is 10.6 Å². The molecule has 0 aromatic heterocycles. The van der Waals surface area contributed by atoms with Gasteiger partial charge in [0.1, 0.15) is 5.60 Å². The SMILES string of the molecule is CCNC(=NCC(C)(O)c1ccccc1)NCCN(CCOC)C1CC1. The van der Waals surface area contributed by atoms with Gasteiger partial charge >= 0.3 is 0 Å². The fraction of sp³-hybridized carbons (Fsp3) is 0.650. The number of nitrogens with one attached hydrogen (secondary N) is 2. The largest absolute Gasteiger partial charge is 0.384 e. The Balaban J connectivity index is 1.85. The summed E-state index contributed by atoms with van der Waals surface area (Å²) in [5, 5.41) is 17.3. The molecule has 1 atom stereocenters. The van der Waals surface area contributed by atoms with Crippen LogP contribution in [-0.4, -0.2) is 68.4 Å². The van der Waals surface area contributed by atoms with Gasteiger partial charge in [0, 0.05) is 39.3 Å². The number of benzene rings is 1. The van der Waals surface area contributed by atoms with E-state index in [1.807, 2.05) is 37.3 Å². The molecule has 1 aromatic carbocycles. The van der Waals surface area contributed by atoms with Crippen molar-refractivity contribution in [1.29, 1.82) is 0 Å². The predicted molar refractivity (Wildman–Crippen MR) is 106 cm³/mol. The molecule has 0 heterocycles. The number of aliphatic hydroxyl groups is 1. The second kappa shape index (κ2) is 10.5. The van der Waals surface area contributed by atoms with Crippen molar-refractivity contribution >= 4 is 5.96 Å². The van der Waals surface area contributed by atoms with Crippen LogP contribution in [0.1, 0.15) is 32.3 Å². The fourth-order valence-electron chi connectivity index (χ4n) is 2.91. The summed E-state index contributed by atoms with van der Waals surface area (Å²) in [5.74, 6) is 0.742. The zero-order valence-corrected chi connectivity index (χ0v) is 16.4. The highest BCUT2D eigenvalue weighted by atomic mass is 16.5. The molecule has 3 N–H and O–H groups in total. The van der Waals surface area contributed by atoms with Crippen LogP contribution in [0.3, 0.4) is 0 Å². The van der Waals surface area contributed by atoms with Crippen LogP contribution in [0.4, 0.5) is 0 Å². The van der Waals surface area contributed by atoms with Crippen LogP contribution in [-0.2, 0) is 10.3 Å². The maximum atomic E-state index is 10.7. The van der Waals surface area contributed by atoms with E-state index in [2.05, 4.69) is 20.5 Å². The lowest BCUT2D eigenvalue weighted by atomic mass is 9.96. The first kappa shape index (κ1) is 20.7. The van der Waals surface area contributed by atoms with Crippen LogP contribution >= 0.6 is 0 Å². The van der Waals surface area contributed by atoms with Crippen molar-refractivity contribution < 1.29 is 9.84 Å². The van der Waals surface area contributed by atoms with Crippen molar-refractivity contribution in [3.8, 4) is 0 Å². The monoisotopic (exact) mass is 362 g/mol. The normalized spacial score (nSPS) is 17.2. The molecule has 0 saturated heterocycles. The van der Waals surface area contributed by atoms with Gasteiger partial charge in [0.2, 0.25) is 0 Å². The van der Waals surface area contributed by atoms with Gasteiger partial charge in [-0.25, -0.2) is 4.99 Å². The Morgan fingerprint density at radius 1 is 1.27 bits per heavy atom. The summed E-state index contributed by atoms with van der Waals surface area (Å²) in [4.78, 5) is 7.05. The van der Waals surface area contributed by atoms with E-state index in [1.54, 1.807) is 14.0 Å². The maximum absolute atomic E-state index is 10.7. The van der Waals surface area contributed by atoms with Gasteiger partial charge in [0.15, 0.2) is 5.96 Å². The summed E-state index contributed by atoms with van der Waals surface area (Å²) in [6.45, 7) is 8.46. The first-order chi connectivity index (χ1) is 12.6. The summed E-state index contributed by atoms with van der Waals surface area (Å²) < 4.78 is 5.21. The molecule has 0 spiro atoms. The minimum atomic E-state index is -0.984. The van der Waals surface area contributed by atoms with E-state index in [-0.39, 0.29) is 0 Å². The number of ether oxygens (including phenoxy) is 1. The number of guanidine groups is 1. The van der Waals surface area contributed by atoms with Crippen LogP contribution in [0.2, 0.25) is 0 Å². The van der Waals surface area contributed by atoms with E-state index in [9.17, 15) is 5.11 Å². The van der Waals surface area contributed by atoms with E-state index in [0.717, 1.165) is 44.3 Å². The minimum Gasteiger partial charge on any atom is -0.384 e. The lowest BCUT2D eigenvalue weighted by Gasteiger charge is -2.24. The van der Waals surface area contributed by atoms with Crippen LogP contribution in [0.15, 0.2) is 35.3 Å². The smallest absolute Gasteiger partial charge is 0.191 e. The quantitative estimate of drug-likeness (QED) is 0.412. The molecule has 1 aliphatic carbocycles. The Morgan fingerprint density at radius 3 is 2.62 bits per heavy atom. The van der Waals surface area contributed by atoms with Crippen LogP contribution in [0.25, 0.3) is 0 Å². The molecule has 1 aromatic rings. The Hall–Kier alpha value is -1.63. The second-order valence-electron chi connectivity index (χ2n) is 7.02. The molecule has 0 aliphatic heterocycles. The number of methoxy groups -OCH3 is 1. The third kappa shape index (κ3) is 6.94. The number of rotatable bonds is 11. The molecule has 26 heavy (non-hydrogen) atoms. The lowest BCUT2D eigenvalue weighted by Crippen LogP contribution is -2.43. The molecule has 2 rings (SSSR count). The highest BCUT2D eigenvalue weighted by molar-refractivity contribution is 5.79. The van der Waals surface area contributed by atoms with Crippen molar-refractivity contribution in [3.63, 3.8) is 0 Å². The van der Waals surface area contributed by atoms with Gasteiger partial charge < -0.3 is 20.5 Å². The van der Waals surface area contributed by atoms with Gasteiger partial charge in [-0.2, -0.15) is 0 Å². The molecular formula is C20H34N4O2. The summed E-state index contributed by atoms with van der Waals surface area (Å²) in [7, 11) is 1.75. The van der Waals surface area contributed by atoms with E-state index in [0.29, 0.717) is 12.6 Å². The Labute approximate surface area is 157 Å². The third-order valence-electron chi connectivity index (χ3n) is 4.62. The third-order valence-corrected chi connectivity index (χ3v) is 4.62. The molecule has 6 heteroatoms. The number of aliphatic imine (C=N–C) groups is 1. The first-order valence-electron chi connectivity index (χ1n) is 9.60. The average molecular weight is 363 g/mol. The van der Waals surface area contributed by atoms with Crippen LogP contribution in [0.5, 0.6) is 0 Å². The second-order valence-corrected chi connectivity index (χ2v) is 7.02. The van der Waals surface area contributed by atoms with Gasteiger partial charge in [-0.1, -0.05) is 30.3 Å². The lowest BCUT2D eigenvalue weighted by molar-refractivity contribution is 0.0672. The molecule has 1 unspecified atom stereocenters. The zero-order valence-electron chi connectivity index (χ0n) is 16.4. The van der Waals surface area contributed by atoms with Crippen molar-refractivity contribution in [3.05, 3.63) is 35.9 Å². The van der Waals surface area contributed by atoms with E-state index >= 15 is 0 Å². The Bertz CT molecular complexity index is 544. The van der Waals surface area contributed by atoms with Crippen molar-refractivity contribution in [2.24, 2.45) is 4.99 Å². The molecule has 6 nitrogen and oxygen atoms in total. The summed E-state index contributed by atoms with van der Waals surface area (Å²) >= 11 is 0. The summed E-state index contributed by atoms with van der Waals surface area (Å²) in [6, 6.07) is 10.4. The fourth-order valence-corrected chi connectivity index (χ4v) is 2.91. The van der Waals surface area contributed by atoms with Crippen LogP contribution in [0, 0.1) is 0 Å². The predicted octanol–water partition coefficient (Wildman–Crippen LogP) is 1.56. The van der Waals surface area contributed by atoms with Crippen molar-refractivity contribution in [2.45, 2.75) is 38.3 Å². The maximum Gasteiger partial charge on any atom is 0.191 e. The van der Waals surface area contributed by atoms with Crippen molar-refractivity contribution in [2.75, 3.05) is 46.4 Å². The van der Waals surface area contributed by atoms with Gasteiger partial charge in [0.25, 0.3) is 0 Å². The minimum absolute atomic E-state index is 0.308. The Morgan fingerprint density at radius 2 is 2.00 bits per heavy atom. The first-order valence-corrected chi connectivity index (χ1v) is 9.60. The summed E-state index contributed by atoms with van der Waals surface area (Å²) in [5.41, 5.74) is -0.110. The molecule has 0 radical (unpaired) electrons. The molecule has 0 bridgehead atoms. The van der Waals surface area contributed by atoms with Crippen molar-refractivity contribution in [1.82, 2.24) is 15.5 Å². The van der Waals surface area contributed by atoms with Gasteiger partial charge in [-0.15, -0.1) is 0 Å². The number of nitrogens with zero attached hydrogens (tertiary/aromatic N) is 2. The molecular weight excluding hydrogens is 328 g/mol. The number of hydrogen-bond donors (Lipinski definition) is 3. The Kier molecular flexibility index (Phi) is 8.35. The molecule has 1 fully saturated rings. The van der Waals surface area contributed by atoms with E-state index in [1.165, 1.54) is 12.8 Å². The molecule has 1 aliphatic rings. The van der Waals surface area contributed by atoms with E-state index in [4.69, 9.17) is 4.74 Å². The standard InChI is InChI=1S/C20H34N4O2/c1-4-21-19(22-12-13-24(14-15-26-3)18-10-11-18)23-16-20(2,25)17-8-6-5-7-9-17/h5-9,18,25H,4,10-16H2,1-3H3,(H2,21,22,23). The molecule has 146 valence electrons. The highest BCUT2D eigenvalue weighted by Gasteiger charge is 2.28. The molecule has 0 amide bonds. The zero-order chi connectivity index (χ0) is 18.8. The van der Waals surface area contributed by atoms with Gasteiger partial charge in [-0.05, 0) is 32.3 Å². The average Bonchev–Trinajstić information content (AvgIpc) is 3.48. The topological polar surface area (TPSA) is 69.1 Å².